The van der Waals surface area contributed by atoms with Gasteiger partial charge in [0.05, 0.1) is 29.6 Å². The zero-order chi connectivity index (χ0) is 25.5. The average molecular weight is 511 g/mol. The molecule has 0 radical (unpaired) electrons. The van der Waals surface area contributed by atoms with E-state index in [1.54, 1.807) is 6.21 Å². The summed E-state index contributed by atoms with van der Waals surface area (Å²) < 4.78 is 11.9. The number of benzene rings is 4. The summed E-state index contributed by atoms with van der Waals surface area (Å²) in [5.74, 6) is 1.25. The third-order valence-corrected chi connectivity index (χ3v) is 6.51. The summed E-state index contributed by atoms with van der Waals surface area (Å²) in [7, 11) is 0. The maximum Gasteiger partial charge on any atom is 0.250 e. The van der Waals surface area contributed by atoms with E-state index in [1.165, 1.54) is 22.5 Å². The normalized spacial score (nSPS) is 11.3. The van der Waals surface area contributed by atoms with Crippen LogP contribution < -0.4 is 14.9 Å². The first kappa shape index (κ1) is 24.4. The molecule has 0 atom stereocenters. The Morgan fingerprint density at radius 1 is 1.00 bits per heavy atom. The van der Waals surface area contributed by atoms with Crippen molar-refractivity contribution in [2.75, 3.05) is 12.4 Å². The van der Waals surface area contributed by atoms with Crippen molar-refractivity contribution in [2.45, 2.75) is 18.7 Å². The summed E-state index contributed by atoms with van der Waals surface area (Å²) in [6.45, 7) is 2.85. The van der Waals surface area contributed by atoms with Crippen LogP contribution in [-0.4, -0.2) is 34.4 Å². The van der Waals surface area contributed by atoms with E-state index in [-0.39, 0.29) is 11.7 Å². The predicted molar refractivity (Wildman–Crippen MR) is 148 cm³/mol. The van der Waals surface area contributed by atoms with E-state index in [0.717, 1.165) is 22.2 Å². The fraction of sp³-hybridized carbons (Fsp3) is 0.138. The number of para-hydroxylation sites is 2. The van der Waals surface area contributed by atoms with E-state index in [0.29, 0.717) is 29.9 Å². The minimum Gasteiger partial charge on any atom is -0.490 e. The van der Waals surface area contributed by atoms with Crippen molar-refractivity contribution in [1.82, 2.24) is 15.4 Å². The summed E-state index contributed by atoms with van der Waals surface area (Å²) in [4.78, 5) is 19.9. The molecule has 7 nitrogen and oxygen atoms in total. The Morgan fingerprint density at radius 2 is 1.84 bits per heavy atom. The minimum atomic E-state index is -0.221. The van der Waals surface area contributed by atoms with E-state index in [1.807, 2.05) is 67.6 Å². The van der Waals surface area contributed by atoms with Crippen LogP contribution in [0.25, 0.3) is 21.8 Å². The molecule has 1 aromatic heterocycles. The van der Waals surface area contributed by atoms with Gasteiger partial charge in [-0.05, 0) is 59.2 Å². The standard InChI is InChI=1S/C29H26N4O3S/c1-2-35-27-16-20(14-15-26(27)36-18-22-10-7-9-21-8-3-4-11-23(21)22)17-30-33-28(34)19-37-29-31-24-12-5-6-13-25(24)32-29/h3-17H,2,18-19H2,1H3,(H,31,32)(H,33,34)/b30-17-. The van der Waals surface area contributed by atoms with Crippen LogP contribution in [0.2, 0.25) is 0 Å². The lowest BCUT2D eigenvalue weighted by Crippen LogP contribution is -2.19. The fourth-order valence-electron chi connectivity index (χ4n) is 3.91. The molecule has 0 aliphatic rings. The molecule has 0 unspecified atom stereocenters. The summed E-state index contributed by atoms with van der Waals surface area (Å²) in [6, 6.07) is 27.8. The number of amides is 1. The summed E-state index contributed by atoms with van der Waals surface area (Å²) >= 11 is 1.33. The van der Waals surface area contributed by atoms with Gasteiger partial charge in [0.1, 0.15) is 6.61 Å². The number of nitrogens with zero attached hydrogens (tertiary/aromatic N) is 2. The van der Waals surface area contributed by atoms with Crippen LogP contribution in [0.1, 0.15) is 18.1 Å². The molecule has 8 heteroatoms. The van der Waals surface area contributed by atoms with Gasteiger partial charge in [-0.15, -0.1) is 0 Å². The van der Waals surface area contributed by atoms with Crippen LogP contribution >= 0.6 is 11.8 Å². The molecule has 5 rings (SSSR count). The number of carbonyl (C=O) groups is 1. The Kier molecular flexibility index (Phi) is 7.66. The molecule has 0 aliphatic heterocycles. The summed E-state index contributed by atoms with van der Waals surface area (Å²) in [5, 5.41) is 7.13. The first-order chi connectivity index (χ1) is 18.2. The summed E-state index contributed by atoms with van der Waals surface area (Å²) in [5.41, 5.74) is 6.27. The number of nitrogens with one attached hydrogen (secondary N) is 2. The Labute approximate surface area is 218 Å². The highest BCUT2D eigenvalue weighted by atomic mass is 32.2. The third-order valence-electron chi connectivity index (χ3n) is 5.64. The van der Waals surface area contributed by atoms with Gasteiger partial charge < -0.3 is 14.5 Å². The number of imidazole rings is 1. The fourth-order valence-corrected chi connectivity index (χ4v) is 4.59. The van der Waals surface area contributed by atoms with Crippen molar-refractivity contribution >= 4 is 45.7 Å². The average Bonchev–Trinajstić information content (AvgIpc) is 3.35. The highest BCUT2D eigenvalue weighted by molar-refractivity contribution is 7.99. The molecule has 0 fully saturated rings. The molecule has 0 bridgehead atoms. The number of thioether (sulfide) groups is 1. The molecule has 0 spiro atoms. The monoisotopic (exact) mass is 510 g/mol. The van der Waals surface area contributed by atoms with E-state index in [9.17, 15) is 4.79 Å². The third kappa shape index (κ3) is 6.10. The van der Waals surface area contributed by atoms with E-state index >= 15 is 0 Å². The molecule has 0 saturated heterocycles. The molecule has 5 aromatic rings. The maximum absolute atomic E-state index is 12.2. The van der Waals surface area contributed by atoms with Crippen LogP contribution in [0.3, 0.4) is 0 Å². The largest absolute Gasteiger partial charge is 0.490 e. The van der Waals surface area contributed by atoms with Crippen molar-refractivity contribution in [2.24, 2.45) is 5.10 Å². The van der Waals surface area contributed by atoms with Gasteiger partial charge in [0, 0.05) is 0 Å². The van der Waals surface area contributed by atoms with Crippen molar-refractivity contribution in [3.05, 3.63) is 96.1 Å². The van der Waals surface area contributed by atoms with Gasteiger partial charge in [0.2, 0.25) is 0 Å². The summed E-state index contributed by atoms with van der Waals surface area (Å²) in [6.07, 6.45) is 1.58. The predicted octanol–water partition coefficient (Wildman–Crippen LogP) is 5.94. The molecular formula is C29H26N4O3S. The number of rotatable bonds is 10. The molecule has 1 amide bonds. The van der Waals surface area contributed by atoms with Crippen LogP contribution in [0.4, 0.5) is 0 Å². The van der Waals surface area contributed by atoms with Crippen LogP contribution in [0.5, 0.6) is 11.5 Å². The smallest absolute Gasteiger partial charge is 0.250 e. The molecule has 1 heterocycles. The number of H-pyrrole nitrogens is 1. The van der Waals surface area contributed by atoms with Crippen LogP contribution in [0, 0.1) is 0 Å². The lowest BCUT2D eigenvalue weighted by Gasteiger charge is -2.13. The second-order valence-corrected chi connectivity index (χ2v) is 9.17. The SMILES string of the molecule is CCOc1cc(/C=N\NC(=O)CSc2nc3ccccc3[nH]2)ccc1OCc1cccc2ccccc12. The zero-order valence-corrected chi connectivity index (χ0v) is 21.1. The van der Waals surface area contributed by atoms with Crippen molar-refractivity contribution < 1.29 is 14.3 Å². The molecule has 4 aromatic carbocycles. The van der Waals surface area contributed by atoms with Gasteiger partial charge in [0.25, 0.3) is 5.91 Å². The van der Waals surface area contributed by atoms with Gasteiger partial charge in [-0.3, -0.25) is 4.79 Å². The Balaban J connectivity index is 1.18. The zero-order valence-electron chi connectivity index (χ0n) is 20.3. The Hall–Kier alpha value is -4.30. The van der Waals surface area contributed by atoms with Gasteiger partial charge in [-0.25, -0.2) is 10.4 Å². The number of ether oxygens (including phenoxy) is 2. The van der Waals surface area contributed by atoms with E-state index in [4.69, 9.17) is 9.47 Å². The second kappa shape index (κ2) is 11.6. The molecule has 2 N–H and O–H groups in total. The van der Waals surface area contributed by atoms with Gasteiger partial charge in [0.15, 0.2) is 16.7 Å². The first-order valence-electron chi connectivity index (χ1n) is 12.0. The molecule has 0 saturated carbocycles. The maximum atomic E-state index is 12.2. The minimum absolute atomic E-state index is 0.197. The highest BCUT2D eigenvalue weighted by Gasteiger charge is 2.09. The highest BCUT2D eigenvalue weighted by Crippen LogP contribution is 2.30. The number of fused-ring (bicyclic) bond motifs is 2. The van der Waals surface area contributed by atoms with Crippen LogP contribution in [0.15, 0.2) is 95.2 Å². The lowest BCUT2D eigenvalue weighted by molar-refractivity contribution is -0.118. The second-order valence-electron chi connectivity index (χ2n) is 8.21. The number of hydrazone groups is 1. The Bertz CT molecular complexity index is 1530. The van der Waals surface area contributed by atoms with E-state index < -0.39 is 0 Å². The lowest BCUT2D eigenvalue weighted by atomic mass is 10.1. The van der Waals surface area contributed by atoms with Crippen molar-refractivity contribution in [3.63, 3.8) is 0 Å². The van der Waals surface area contributed by atoms with Gasteiger partial charge >= 0.3 is 0 Å². The Morgan fingerprint density at radius 3 is 2.73 bits per heavy atom. The van der Waals surface area contributed by atoms with Crippen molar-refractivity contribution in [1.29, 1.82) is 0 Å². The molecular weight excluding hydrogens is 484 g/mol. The molecule has 0 aliphatic carbocycles. The number of aromatic nitrogens is 2. The molecule has 186 valence electrons. The van der Waals surface area contributed by atoms with Gasteiger partial charge in [-0.1, -0.05) is 66.4 Å². The van der Waals surface area contributed by atoms with Crippen LogP contribution in [-0.2, 0) is 11.4 Å². The topological polar surface area (TPSA) is 88.6 Å². The first-order valence-corrected chi connectivity index (χ1v) is 12.9. The van der Waals surface area contributed by atoms with Crippen molar-refractivity contribution in [3.8, 4) is 11.5 Å². The number of aromatic amines is 1. The quantitative estimate of drug-likeness (QED) is 0.138. The number of hydrogen-bond donors (Lipinski definition) is 2. The number of carbonyl (C=O) groups excluding carboxylic acids is 1. The molecule has 37 heavy (non-hydrogen) atoms. The van der Waals surface area contributed by atoms with Gasteiger partial charge in [-0.2, -0.15) is 5.10 Å². The number of hydrogen-bond acceptors (Lipinski definition) is 6. The van der Waals surface area contributed by atoms with E-state index in [2.05, 4.69) is 44.8 Å².